The van der Waals surface area contributed by atoms with E-state index in [4.69, 9.17) is 0 Å². The SMILES string of the molecule is C[C@]12CCCC[C@@H]1CC[C@H]1[C@H]2CC[C@]2(C)C(=O)/C(=C/c3cccs3)C[C@@H]12. The summed E-state index contributed by atoms with van der Waals surface area (Å²) in [5, 5.41) is 2.11. The molecule has 4 aliphatic rings. The quantitative estimate of drug-likeness (QED) is 0.501. The second-order valence-electron chi connectivity index (χ2n) is 10.1. The lowest BCUT2D eigenvalue weighted by atomic mass is 9.45. The van der Waals surface area contributed by atoms with Gasteiger partial charge >= 0.3 is 0 Å². The number of fused-ring (bicyclic) bond motifs is 5. The molecular weight excluding hydrogens is 336 g/mol. The minimum absolute atomic E-state index is 0.0812. The molecule has 1 heterocycles. The Bertz CT molecular complexity index is 731. The third-order valence-electron chi connectivity index (χ3n) is 9.08. The van der Waals surface area contributed by atoms with Crippen molar-refractivity contribution in [2.24, 2.45) is 34.5 Å². The van der Waals surface area contributed by atoms with E-state index in [-0.39, 0.29) is 5.41 Å². The van der Waals surface area contributed by atoms with E-state index in [1.807, 2.05) is 0 Å². The molecule has 1 aromatic heterocycles. The maximum atomic E-state index is 13.4. The summed E-state index contributed by atoms with van der Waals surface area (Å²) in [4.78, 5) is 14.6. The van der Waals surface area contributed by atoms with Gasteiger partial charge in [0, 0.05) is 10.3 Å². The molecule has 5 rings (SSSR count). The molecule has 4 fully saturated rings. The van der Waals surface area contributed by atoms with E-state index in [2.05, 4.69) is 37.4 Å². The fraction of sp³-hybridized carbons (Fsp3) is 0.708. The number of allylic oxidation sites excluding steroid dienone is 1. The van der Waals surface area contributed by atoms with E-state index < -0.39 is 0 Å². The molecule has 1 aromatic rings. The van der Waals surface area contributed by atoms with Gasteiger partial charge in [-0.25, -0.2) is 0 Å². The largest absolute Gasteiger partial charge is 0.294 e. The lowest BCUT2D eigenvalue weighted by molar-refractivity contribution is -0.137. The Kier molecular flexibility index (Phi) is 4.01. The van der Waals surface area contributed by atoms with Crippen LogP contribution in [0.4, 0.5) is 0 Å². The van der Waals surface area contributed by atoms with Crippen LogP contribution in [0.25, 0.3) is 6.08 Å². The molecule has 0 unspecified atom stereocenters. The highest BCUT2D eigenvalue weighted by Crippen LogP contribution is 2.66. The second kappa shape index (κ2) is 6.06. The van der Waals surface area contributed by atoms with Crippen LogP contribution in [0.1, 0.15) is 76.5 Å². The number of ketones is 1. The Morgan fingerprint density at radius 1 is 1.08 bits per heavy atom. The normalized spacial score (nSPS) is 46.7. The topological polar surface area (TPSA) is 17.1 Å². The number of hydrogen-bond acceptors (Lipinski definition) is 2. The van der Waals surface area contributed by atoms with Crippen molar-refractivity contribution in [1.82, 2.24) is 0 Å². The average molecular weight is 369 g/mol. The number of Topliss-reactive ketones (excluding diaryl/α,β-unsaturated/α-hetero) is 1. The number of hydrogen-bond donors (Lipinski definition) is 0. The summed E-state index contributed by atoms with van der Waals surface area (Å²) in [7, 11) is 0. The van der Waals surface area contributed by atoms with Gasteiger partial charge in [0.05, 0.1) is 0 Å². The zero-order valence-electron chi connectivity index (χ0n) is 16.3. The molecule has 4 aliphatic carbocycles. The molecule has 6 atom stereocenters. The summed E-state index contributed by atoms with van der Waals surface area (Å²) in [5.74, 6) is 3.69. The summed E-state index contributed by atoms with van der Waals surface area (Å²) in [6, 6.07) is 4.23. The van der Waals surface area contributed by atoms with E-state index in [1.54, 1.807) is 11.3 Å². The molecule has 0 N–H and O–H groups in total. The highest BCUT2D eigenvalue weighted by molar-refractivity contribution is 7.10. The molecule has 2 heteroatoms. The van der Waals surface area contributed by atoms with Crippen LogP contribution in [0, 0.1) is 34.5 Å². The van der Waals surface area contributed by atoms with Crippen LogP contribution in [0.5, 0.6) is 0 Å². The summed E-state index contributed by atoms with van der Waals surface area (Å²) in [6.45, 7) is 4.93. The fourth-order valence-electron chi connectivity index (χ4n) is 7.64. The Labute approximate surface area is 162 Å². The predicted molar refractivity (Wildman–Crippen MR) is 109 cm³/mol. The smallest absolute Gasteiger partial charge is 0.165 e. The van der Waals surface area contributed by atoms with Gasteiger partial charge in [-0.2, -0.15) is 0 Å². The lowest BCUT2D eigenvalue weighted by Gasteiger charge is -2.59. The van der Waals surface area contributed by atoms with Gasteiger partial charge in [-0.05, 0) is 97.1 Å². The molecule has 0 aliphatic heterocycles. The first-order chi connectivity index (χ1) is 12.5. The minimum atomic E-state index is -0.0812. The van der Waals surface area contributed by atoms with E-state index in [0.29, 0.717) is 17.1 Å². The van der Waals surface area contributed by atoms with Gasteiger partial charge in [-0.15, -0.1) is 11.3 Å². The summed E-state index contributed by atoms with van der Waals surface area (Å²) >= 11 is 1.75. The van der Waals surface area contributed by atoms with E-state index >= 15 is 0 Å². The van der Waals surface area contributed by atoms with Crippen molar-refractivity contribution in [2.75, 3.05) is 0 Å². The maximum absolute atomic E-state index is 13.4. The summed E-state index contributed by atoms with van der Waals surface area (Å²) in [5.41, 5.74) is 1.60. The van der Waals surface area contributed by atoms with Crippen LogP contribution < -0.4 is 0 Å². The first-order valence-electron chi connectivity index (χ1n) is 10.8. The molecule has 0 radical (unpaired) electrons. The van der Waals surface area contributed by atoms with Crippen LogP contribution in [-0.4, -0.2) is 5.78 Å². The third-order valence-corrected chi connectivity index (χ3v) is 9.90. The predicted octanol–water partition coefficient (Wildman–Crippen LogP) is 6.74. The number of rotatable bonds is 1. The van der Waals surface area contributed by atoms with Gasteiger partial charge in [0.15, 0.2) is 5.78 Å². The number of carbonyl (C=O) groups excluding carboxylic acids is 1. The Morgan fingerprint density at radius 2 is 1.96 bits per heavy atom. The standard InChI is InChI=1S/C24H32OS/c1-23-11-4-3-6-17(23)8-9-19-20(23)10-12-24(2)21(19)15-16(22(24)25)14-18-7-5-13-26-18/h5,7,13-14,17,19-21H,3-4,6,8-12,15H2,1-2H3/b16-14+/t17-,19+,20-,21+,23+,24+/m1/s1. The maximum Gasteiger partial charge on any atom is 0.165 e. The number of carbonyl (C=O) groups is 1. The molecule has 0 amide bonds. The molecule has 0 aromatic carbocycles. The van der Waals surface area contributed by atoms with Crippen molar-refractivity contribution in [3.63, 3.8) is 0 Å². The Morgan fingerprint density at radius 3 is 2.77 bits per heavy atom. The Hall–Kier alpha value is -0.890. The highest BCUT2D eigenvalue weighted by atomic mass is 32.1. The van der Waals surface area contributed by atoms with Crippen molar-refractivity contribution in [3.05, 3.63) is 28.0 Å². The van der Waals surface area contributed by atoms with Crippen LogP contribution in [0.3, 0.4) is 0 Å². The van der Waals surface area contributed by atoms with E-state index in [0.717, 1.165) is 36.2 Å². The zero-order chi connectivity index (χ0) is 17.9. The second-order valence-corrected chi connectivity index (χ2v) is 11.1. The van der Waals surface area contributed by atoms with Gasteiger partial charge in [0.1, 0.15) is 0 Å². The molecule has 0 spiro atoms. The van der Waals surface area contributed by atoms with Crippen molar-refractivity contribution >= 4 is 23.2 Å². The fourth-order valence-corrected chi connectivity index (χ4v) is 8.32. The Balaban J connectivity index is 1.47. The molecule has 140 valence electrons. The first-order valence-corrected chi connectivity index (χ1v) is 11.7. The third kappa shape index (κ3) is 2.37. The summed E-state index contributed by atoms with van der Waals surface area (Å²) in [6.07, 6.45) is 14.2. The zero-order valence-corrected chi connectivity index (χ0v) is 17.1. The van der Waals surface area contributed by atoms with Gasteiger partial charge in [0.25, 0.3) is 0 Å². The molecule has 0 bridgehead atoms. The highest BCUT2D eigenvalue weighted by Gasteiger charge is 2.60. The van der Waals surface area contributed by atoms with Crippen LogP contribution in [0.15, 0.2) is 23.1 Å². The van der Waals surface area contributed by atoms with Crippen molar-refractivity contribution in [3.8, 4) is 0 Å². The molecule has 26 heavy (non-hydrogen) atoms. The van der Waals surface area contributed by atoms with Gasteiger partial charge in [0.2, 0.25) is 0 Å². The van der Waals surface area contributed by atoms with Crippen LogP contribution in [-0.2, 0) is 4.79 Å². The minimum Gasteiger partial charge on any atom is -0.294 e. The first kappa shape index (κ1) is 17.2. The lowest BCUT2D eigenvalue weighted by Crippen LogP contribution is -2.52. The van der Waals surface area contributed by atoms with Crippen LogP contribution in [0.2, 0.25) is 0 Å². The van der Waals surface area contributed by atoms with E-state index in [1.165, 1.54) is 49.8 Å². The van der Waals surface area contributed by atoms with Crippen molar-refractivity contribution in [2.45, 2.75) is 71.6 Å². The summed E-state index contributed by atoms with van der Waals surface area (Å²) < 4.78 is 0. The molecule has 4 saturated carbocycles. The van der Waals surface area contributed by atoms with Crippen molar-refractivity contribution < 1.29 is 4.79 Å². The monoisotopic (exact) mass is 368 g/mol. The van der Waals surface area contributed by atoms with E-state index in [9.17, 15) is 4.79 Å². The molecular formula is C24H32OS. The van der Waals surface area contributed by atoms with Gasteiger partial charge in [-0.1, -0.05) is 32.8 Å². The molecule has 1 nitrogen and oxygen atoms in total. The number of thiophene rings is 1. The van der Waals surface area contributed by atoms with Crippen LogP contribution >= 0.6 is 11.3 Å². The molecule has 0 saturated heterocycles. The van der Waals surface area contributed by atoms with Gasteiger partial charge < -0.3 is 0 Å². The van der Waals surface area contributed by atoms with Gasteiger partial charge in [-0.3, -0.25) is 4.79 Å². The van der Waals surface area contributed by atoms with Crippen molar-refractivity contribution in [1.29, 1.82) is 0 Å². The average Bonchev–Trinajstić information content (AvgIpc) is 3.23.